The summed E-state index contributed by atoms with van der Waals surface area (Å²) in [6.07, 6.45) is 2.39. The summed E-state index contributed by atoms with van der Waals surface area (Å²) in [5, 5.41) is 0. The predicted octanol–water partition coefficient (Wildman–Crippen LogP) is 2.47. The van der Waals surface area contributed by atoms with E-state index in [0.29, 0.717) is 17.6 Å². The van der Waals surface area contributed by atoms with Crippen molar-refractivity contribution in [2.45, 2.75) is 19.8 Å². The maximum Gasteiger partial charge on any atom is 0.220 e. The minimum Gasteiger partial charge on any atom is -0.476 e. The van der Waals surface area contributed by atoms with Crippen molar-refractivity contribution < 1.29 is 9.47 Å². The molecule has 0 heterocycles. The highest BCUT2D eigenvalue weighted by molar-refractivity contribution is 8.22. The van der Waals surface area contributed by atoms with Gasteiger partial charge in [-0.15, -0.1) is 0 Å². The topological polar surface area (TPSA) is 18.5 Å². The molecule has 0 bridgehead atoms. The molecular formula is C8H16O2S2. The van der Waals surface area contributed by atoms with E-state index in [1.807, 2.05) is 0 Å². The van der Waals surface area contributed by atoms with Gasteiger partial charge in [0, 0.05) is 12.9 Å². The molecule has 0 aromatic heterocycles. The lowest BCUT2D eigenvalue weighted by molar-refractivity contribution is 0.145. The predicted molar refractivity (Wildman–Crippen MR) is 57.8 cm³/mol. The van der Waals surface area contributed by atoms with Gasteiger partial charge in [0.05, 0.1) is 6.61 Å². The zero-order chi connectivity index (χ0) is 9.23. The number of rotatable bonds is 6. The smallest absolute Gasteiger partial charge is 0.220 e. The normalized spacial score (nSPS) is 9.83. The molecule has 12 heavy (non-hydrogen) atoms. The molecule has 0 rings (SSSR count). The van der Waals surface area contributed by atoms with E-state index in [-0.39, 0.29) is 0 Å². The molecule has 72 valence electrons. The van der Waals surface area contributed by atoms with Crippen LogP contribution in [-0.4, -0.2) is 30.5 Å². The zero-order valence-electron chi connectivity index (χ0n) is 7.67. The van der Waals surface area contributed by atoms with E-state index in [1.54, 1.807) is 18.9 Å². The Hall–Kier alpha value is 0.200. The van der Waals surface area contributed by atoms with Gasteiger partial charge in [-0.25, -0.2) is 0 Å². The molecule has 0 aromatic carbocycles. The van der Waals surface area contributed by atoms with Crippen LogP contribution in [0.2, 0.25) is 0 Å². The summed E-state index contributed by atoms with van der Waals surface area (Å²) in [4.78, 5) is 0. The molecule has 0 spiro atoms. The molecule has 0 aromatic rings. The molecule has 0 N–H and O–H groups in total. The van der Waals surface area contributed by atoms with Crippen molar-refractivity contribution in [2.24, 2.45) is 0 Å². The van der Waals surface area contributed by atoms with Gasteiger partial charge in [-0.1, -0.05) is 25.1 Å². The number of methoxy groups -OCH3 is 1. The summed E-state index contributed by atoms with van der Waals surface area (Å²) in [5.41, 5.74) is 0. The standard InChI is InChI=1S/C8H16O2S2/c1-3-4-7-12-8(11)10-6-5-9-2/h3-7H2,1-2H3. The Morgan fingerprint density at radius 3 is 2.75 bits per heavy atom. The van der Waals surface area contributed by atoms with Crippen LogP contribution in [0, 0.1) is 0 Å². The second kappa shape index (κ2) is 9.29. The second-order valence-corrected chi connectivity index (χ2v) is 3.99. The fourth-order valence-corrected chi connectivity index (χ4v) is 1.65. The lowest BCUT2D eigenvalue weighted by atomic mass is 10.4. The third kappa shape index (κ3) is 8.30. The fraction of sp³-hybridized carbons (Fsp3) is 0.875. The van der Waals surface area contributed by atoms with E-state index < -0.39 is 0 Å². The Kier molecular flexibility index (Phi) is 9.44. The maximum absolute atomic E-state index is 5.20. The average molecular weight is 208 g/mol. The number of ether oxygens (including phenoxy) is 2. The van der Waals surface area contributed by atoms with Crippen LogP contribution in [0.25, 0.3) is 0 Å². The highest BCUT2D eigenvalue weighted by Gasteiger charge is 1.96. The summed E-state index contributed by atoms with van der Waals surface area (Å²) >= 11 is 6.57. The number of hydrogen-bond acceptors (Lipinski definition) is 4. The lowest BCUT2D eigenvalue weighted by Crippen LogP contribution is -2.05. The molecule has 0 aliphatic carbocycles. The molecule has 0 saturated heterocycles. The van der Waals surface area contributed by atoms with Crippen LogP contribution in [0.1, 0.15) is 19.8 Å². The molecule has 4 heteroatoms. The van der Waals surface area contributed by atoms with Gasteiger partial charge in [-0.05, 0) is 18.6 Å². The maximum atomic E-state index is 5.20. The number of thiocarbonyl (C=S) groups is 1. The molecule has 0 aliphatic heterocycles. The van der Waals surface area contributed by atoms with E-state index in [2.05, 4.69) is 6.92 Å². The van der Waals surface area contributed by atoms with Crippen LogP contribution >= 0.6 is 24.0 Å². The van der Waals surface area contributed by atoms with Crippen LogP contribution in [0.4, 0.5) is 0 Å². The van der Waals surface area contributed by atoms with Crippen molar-refractivity contribution in [1.82, 2.24) is 0 Å². The Morgan fingerprint density at radius 2 is 2.17 bits per heavy atom. The van der Waals surface area contributed by atoms with Gasteiger partial charge in [0.1, 0.15) is 6.61 Å². The van der Waals surface area contributed by atoms with Gasteiger partial charge in [-0.3, -0.25) is 0 Å². The minimum atomic E-state index is 0.564. The van der Waals surface area contributed by atoms with E-state index in [9.17, 15) is 0 Å². The van der Waals surface area contributed by atoms with Crippen molar-refractivity contribution >= 4 is 28.4 Å². The first kappa shape index (κ1) is 12.2. The summed E-state index contributed by atoms with van der Waals surface area (Å²) in [6.45, 7) is 3.33. The summed E-state index contributed by atoms with van der Waals surface area (Å²) in [5.74, 6) is 1.06. The summed E-state index contributed by atoms with van der Waals surface area (Å²) in [7, 11) is 1.65. The third-order valence-corrected chi connectivity index (χ3v) is 2.54. The van der Waals surface area contributed by atoms with Gasteiger partial charge >= 0.3 is 0 Å². The monoisotopic (exact) mass is 208 g/mol. The third-order valence-electron chi connectivity index (χ3n) is 1.23. The van der Waals surface area contributed by atoms with Crippen LogP contribution in [0.5, 0.6) is 0 Å². The quantitative estimate of drug-likeness (QED) is 0.493. The SMILES string of the molecule is CCCCSC(=S)OCCOC. The van der Waals surface area contributed by atoms with E-state index in [0.717, 1.165) is 5.75 Å². The van der Waals surface area contributed by atoms with Crippen LogP contribution < -0.4 is 0 Å². The molecule has 0 saturated carbocycles. The van der Waals surface area contributed by atoms with Crippen molar-refractivity contribution in [3.05, 3.63) is 0 Å². The van der Waals surface area contributed by atoms with Crippen molar-refractivity contribution in [2.75, 3.05) is 26.1 Å². The van der Waals surface area contributed by atoms with Crippen LogP contribution in [-0.2, 0) is 9.47 Å². The second-order valence-electron chi connectivity index (χ2n) is 2.29. The Balaban J connectivity index is 3.10. The number of unbranched alkanes of at least 4 members (excludes halogenated alkanes) is 1. The summed E-state index contributed by atoms with van der Waals surface area (Å²) in [6, 6.07) is 0. The van der Waals surface area contributed by atoms with E-state index in [4.69, 9.17) is 21.7 Å². The highest BCUT2D eigenvalue weighted by Crippen LogP contribution is 2.08. The van der Waals surface area contributed by atoms with Gasteiger partial charge in [-0.2, -0.15) is 0 Å². The number of hydrogen-bond donors (Lipinski definition) is 0. The highest BCUT2D eigenvalue weighted by atomic mass is 32.2. The average Bonchev–Trinajstić information content (AvgIpc) is 2.06. The van der Waals surface area contributed by atoms with Crippen LogP contribution in [0.3, 0.4) is 0 Å². The Labute approximate surface area is 84.0 Å². The molecule has 0 radical (unpaired) electrons. The van der Waals surface area contributed by atoms with Crippen molar-refractivity contribution in [3.8, 4) is 0 Å². The van der Waals surface area contributed by atoms with Crippen molar-refractivity contribution in [3.63, 3.8) is 0 Å². The molecule has 0 fully saturated rings. The van der Waals surface area contributed by atoms with Gasteiger partial charge in [0.25, 0.3) is 0 Å². The van der Waals surface area contributed by atoms with E-state index >= 15 is 0 Å². The first-order chi connectivity index (χ1) is 5.81. The van der Waals surface area contributed by atoms with Gasteiger partial charge in [0.2, 0.25) is 4.38 Å². The molecule has 0 amide bonds. The van der Waals surface area contributed by atoms with Crippen LogP contribution in [0.15, 0.2) is 0 Å². The Morgan fingerprint density at radius 1 is 1.42 bits per heavy atom. The zero-order valence-corrected chi connectivity index (χ0v) is 9.30. The first-order valence-electron chi connectivity index (χ1n) is 4.09. The van der Waals surface area contributed by atoms with Gasteiger partial charge < -0.3 is 9.47 Å². The molecule has 2 nitrogen and oxygen atoms in total. The molecule has 0 unspecified atom stereocenters. The summed E-state index contributed by atoms with van der Waals surface area (Å²) < 4.78 is 10.7. The van der Waals surface area contributed by atoms with E-state index in [1.165, 1.54) is 12.8 Å². The lowest BCUT2D eigenvalue weighted by Gasteiger charge is -2.05. The van der Waals surface area contributed by atoms with Crippen molar-refractivity contribution in [1.29, 1.82) is 0 Å². The largest absolute Gasteiger partial charge is 0.476 e. The Bertz CT molecular complexity index is 106. The minimum absolute atomic E-state index is 0.564. The fourth-order valence-electron chi connectivity index (χ4n) is 0.550. The van der Waals surface area contributed by atoms with Gasteiger partial charge in [0.15, 0.2) is 0 Å². The molecule has 0 atom stereocenters. The molecular weight excluding hydrogens is 192 g/mol. The first-order valence-corrected chi connectivity index (χ1v) is 5.49. The molecule has 0 aliphatic rings. The number of thioether (sulfide) groups is 1.